The average molecular weight is 452 g/mol. The van der Waals surface area contributed by atoms with Crippen LogP contribution in [0.5, 0.6) is 11.5 Å². The predicted octanol–water partition coefficient (Wildman–Crippen LogP) is 6.82. The van der Waals surface area contributed by atoms with E-state index in [1.54, 1.807) is 6.07 Å². The summed E-state index contributed by atoms with van der Waals surface area (Å²) in [5, 5.41) is 3.07. The largest absolute Gasteiger partial charge is 0.493 e. The molecule has 4 rings (SSSR count). The summed E-state index contributed by atoms with van der Waals surface area (Å²) in [7, 11) is 0. The summed E-state index contributed by atoms with van der Waals surface area (Å²) in [5.74, 6) is 1.35. The molecule has 1 amide bonds. The van der Waals surface area contributed by atoms with Crippen LogP contribution in [0.15, 0.2) is 103 Å². The SMILES string of the molecule is CCOc1ccc(C(=O)NC(C)c2ccccc2)cc1COc1ccc(-c2ccccc2)cc1. The molecule has 4 heteroatoms. The molecular formula is C30H29NO3. The zero-order valence-corrected chi connectivity index (χ0v) is 19.5. The second kappa shape index (κ2) is 11.2. The third kappa shape index (κ3) is 5.84. The summed E-state index contributed by atoms with van der Waals surface area (Å²) in [5.41, 5.74) is 4.76. The van der Waals surface area contributed by atoms with Crippen LogP contribution in [-0.2, 0) is 6.61 Å². The minimum absolute atomic E-state index is 0.0944. The van der Waals surface area contributed by atoms with Crippen LogP contribution in [0.2, 0.25) is 0 Å². The highest BCUT2D eigenvalue weighted by Gasteiger charge is 2.14. The summed E-state index contributed by atoms with van der Waals surface area (Å²) >= 11 is 0. The summed E-state index contributed by atoms with van der Waals surface area (Å²) < 4.78 is 11.8. The van der Waals surface area contributed by atoms with Crippen molar-refractivity contribution in [1.29, 1.82) is 0 Å². The van der Waals surface area contributed by atoms with Crippen molar-refractivity contribution in [3.63, 3.8) is 0 Å². The molecule has 34 heavy (non-hydrogen) atoms. The summed E-state index contributed by atoms with van der Waals surface area (Å²) in [4.78, 5) is 12.9. The van der Waals surface area contributed by atoms with Crippen LogP contribution in [0.1, 0.15) is 41.4 Å². The molecule has 0 spiro atoms. The number of ether oxygens (including phenoxy) is 2. The zero-order valence-electron chi connectivity index (χ0n) is 19.5. The highest BCUT2D eigenvalue weighted by molar-refractivity contribution is 5.94. The molecule has 1 atom stereocenters. The molecular weight excluding hydrogens is 422 g/mol. The first-order chi connectivity index (χ1) is 16.6. The van der Waals surface area contributed by atoms with Crippen molar-refractivity contribution in [3.8, 4) is 22.6 Å². The van der Waals surface area contributed by atoms with Crippen LogP contribution in [0.25, 0.3) is 11.1 Å². The number of hydrogen-bond donors (Lipinski definition) is 1. The fourth-order valence-electron chi connectivity index (χ4n) is 3.77. The van der Waals surface area contributed by atoms with Crippen LogP contribution >= 0.6 is 0 Å². The molecule has 4 aromatic rings. The Bertz CT molecular complexity index is 1210. The third-order valence-corrected chi connectivity index (χ3v) is 5.63. The number of hydrogen-bond acceptors (Lipinski definition) is 3. The monoisotopic (exact) mass is 451 g/mol. The molecule has 4 nitrogen and oxygen atoms in total. The van der Waals surface area contributed by atoms with Crippen molar-refractivity contribution in [2.24, 2.45) is 0 Å². The molecule has 0 saturated carbocycles. The summed E-state index contributed by atoms with van der Waals surface area (Å²) in [6.45, 7) is 4.75. The predicted molar refractivity (Wildman–Crippen MR) is 136 cm³/mol. The van der Waals surface area contributed by atoms with Gasteiger partial charge in [-0.2, -0.15) is 0 Å². The Hall–Kier alpha value is -4.05. The van der Waals surface area contributed by atoms with Gasteiger partial charge in [0.05, 0.1) is 12.6 Å². The molecule has 1 N–H and O–H groups in total. The highest BCUT2D eigenvalue weighted by Crippen LogP contribution is 2.26. The fourth-order valence-corrected chi connectivity index (χ4v) is 3.77. The van der Waals surface area contributed by atoms with Gasteiger partial charge in [0, 0.05) is 11.1 Å². The lowest BCUT2D eigenvalue weighted by Gasteiger charge is -2.16. The van der Waals surface area contributed by atoms with E-state index in [0.29, 0.717) is 18.8 Å². The molecule has 0 aliphatic heterocycles. The van der Waals surface area contributed by atoms with Crippen molar-refractivity contribution < 1.29 is 14.3 Å². The van der Waals surface area contributed by atoms with Gasteiger partial charge in [-0.15, -0.1) is 0 Å². The van der Waals surface area contributed by atoms with Gasteiger partial charge in [0.25, 0.3) is 5.91 Å². The zero-order chi connectivity index (χ0) is 23.8. The van der Waals surface area contributed by atoms with Crippen molar-refractivity contribution >= 4 is 5.91 Å². The van der Waals surface area contributed by atoms with Gasteiger partial charge in [0.2, 0.25) is 0 Å². The lowest BCUT2D eigenvalue weighted by atomic mass is 10.1. The van der Waals surface area contributed by atoms with E-state index in [0.717, 1.165) is 33.8 Å². The van der Waals surface area contributed by atoms with Crippen LogP contribution in [-0.4, -0.2) is 12.5 Å². The molecule has 0 bridgehead atoms. The Kier molecular flexibility index (Phi) is 7.61. The minimum atomic E-state index is -0.132. The number of nitrogens with one attached hydrogen (secondary N) is 1. The molecule has 0 radical (unpaired) electrons. The normalized spacial score (nSPS) is 11.5. The fraction of sp³-hybridized carbons (Fsp3) is 0.167. The summed E-state index contributed by atoms with van der Waals surface area (Å²) in [6, 6.07) is 33.5. The molecule has 172 valence electrons. The lowest BCUT2D eigenvalue weighted by Crippen LogP contribution is -2.26. The maximum atomic E-state index is 12.9. The van der Waals surface area contributed by atoms with Crippen LogP contribution in [0.4, 0.5) is 0 Å². The molecule has 1 unspecified atom stereocenters. The first-order valence-corrected chi connectivity index (χ1v) is 11.5. The Labute approximate surface area is 201 Å². The van der Waals surface area contributed by atoms with Crippen molar-refractivity contribution in [1.82, 2.24) is 5.32 Å². The lowest BCUT2D eigenvalue weighted by molar-refractivity contribution is 0.0939. The topological polar surface area (TPSA) is 47.6 Å². The van der Waals surface area contributed by atoms with Gasteiger partial charge in [0.1, 0.15) is 18.1 Å². The maximum absolute atomic E-state index is 12.9. The van der Waals surface area contributed by atoms with Gasteiger partial charge in [0.15, 0.2) is 0 Å². The summed E-state index contributed by atoms with van der Waals surface area (Å²) in [6.07, 6.45) is 0. The number of rotatable bonds is 9. The van der Waals surface area contributed by atoms with E-state index in [9.17, 15) is 4.79 Å². The molecule has 0 aliphatic rings. The number of benzene rings is 4. The minimum Gasteiger partial charge on any atom is -0.493 e. The van der Waals surface area contributed by atoms with Crippen LogP contribution in [0.3, 0.4) is 0 Å². The van der Waals surface area contributed by atoms with E-state index in [1.807, 2.05) is 98.8 Å². The van der Waals surface area contributed by atoms with Crippen LogP contribution in [0, 0.1) is 0 Å². The first kappa shape index (κ1) is 23.1. The van der Waals surface area contributed by atoms with E-state index in [2.05, 4.69) is 17.4 Å². The standard InChI is InChI=1S/C30H29NO3/c1-3-33-29-19-16-26(30(32)31-22(2)23-10-6-4-7-11-23)20-27(29)21-34-28-17-14-25(15-18-28)24-12-8-5-9-13-24/h4-20,22H,3,21H2,1-2H3,(H,31,32). The second-order valence-electron chi connectivity index (χ2n) is 8.04. The molecule has 0 aromatic heterocycles. The van der Waals surface area contributed by atoms with Gasteiger partial charge in [-0.05, 0) is 60.9 Å². The van der Waals surface area contributed by atoms with E-state index in [1.165, 1.54) is 0 Å². The highest BCUT2D eigenvalue weighted by atomic mass is 16.5. The van der Waals surface area contributed by atoms with E-state index in [-0.39, 0.29) is 11.9 Å². The Morgan fingerprint density at radius 3 is 2.12 bits per heavy atom. The van der Waals surface area contributed by atoms with E-state index in [4.69, 9.17) is 9.47 Å². The maximum Gasteiger partial charge on any atom is 0.251 e. The average Bonchev–Trinajstić information content (AvgIpc) is 2.89. The number of amides is 1. The third-order valence-electron chi connectivity index (χ3n) is 5.63. The first-order valence-electron chi connectivity index (χ1n) is 11.5. The van der Waals surface area contributed by atoms with E-state index < -0.39 is 0 Å². The molecule has 0 heterocycles. The van der Waals surface area contributed by atoms with Gasteiger partial charge < -0.3 is 14.8 Å². The quantitative estimate of drug-likeness (QED) is 0.304. The molecule has 0 fully saturated rings. The second-order valence-corrected chi connectivity index (χ2v) is 8.04. The molecule has 0 aliphatic carbocycles. The van der Waals surface area contributed by atoms with Gasteiger partial charge >= 0.3 is 0 Å². The van der Waals surface area contributed by atoms with E-state index >= 15 is 0 Å². The van der Waals surface area contributed by atoms with Gasteiger partial charge in [-0.25, -0.2) is 0 Å². The number of carbonyl (C=O) groups is 1. The van der Waals surface area contributed by atoms with Crippen molar-refractivity contribution in [2.75, 3.05) is 6.61 Å². The molecule has 4 aromatic carbocycles. The van der Waals surface area contributed by atoms with Crippen molar-refractivity contribution in [2.45, 2.75) is 26.5 Å². The Morgan fingerprint density at radius 2 is 1.44 bits per heavy atom. The van der Waals surface area contributed by atoms with Crippen molar-refractivity contribution in [3.05, 3.63) is 120 Å². The Balaban J connectivity index is 1.46. The van der Waals surface area contributed by atoms with Gasteiger partial charge in [-0.3, -0.25) is 4.79 Å². The Morgan fingerprint density at radius 1 is 0.794 bits per heavy atom. The number of carbonyl (C=O) groups excluding carboxylic acids is 1. The van der Waals surface area contributed by atoms with Gasteiger partial charge in [-0.1, -0.05) is 72.8 Å². The smallest absolute Gasteiger partial charge is 0.251 e. The molecule has 0 saturated heterocycles. The van der Waals surface area contributed by atoms with Crippen LogP contribution < -0.4 is 14.8 Å².